The molecule has 116 valence electrons. The third-order valence-electron chi connectivity index (χ3n) is 4.01. The predicted molar refractivity (Wildman–Crippen MR) is 86.5 cm³/mol. The van der Waals surface area contributed by atoms with Crippen LogP contribution in [0, 0.1) is 5.92 Å². The van der Waals surface area contributed by atoms with Gasteiger partial charge in [0.15, 0.2) is 0 Å². The molecular weight excluding hydrogens is 306 g/mol. The van der Waals surface area contributed by atoms with Gasteiger partial charge in [-0.25, -0.2) is 8.42 Å². The topological polar surface area (TPSA) is 76.3 Å². The smallest absolute Gasteiger partial charge is 0.244 e. The van der Waals surface area contributed by atoms with E-state index in [0.29, 0.717) is 24.7 Å². The van der Waals surface area contributed by atoms with E-state index in [1.807, 2.05) is 0 Å². The molecule has 7 heteroatoms. The van der Waals surface area contributed by atoms with Crippen LogP contribution in [0.3, 0.4) is 0 Å². The summed E-state index contributed by atoms with van der Waals surface area (Å²) in [4.78, 5) is 4.39. The molecule has 0 aromatic carbocycles. The minimum Gasteiger partial charge on any atom is -0.388 e. The molecule has 21 heavy (non-hydrogen) atoms. The van der Waals surface area contributed by atoms with Crippen molar-refractivity contribution < 1.29 is 8.42 Å². The van der Waals surface area contributed by atoms with Crippen LogP contribution in [0.25, 0.3) is 0 Å². The summed E-state index contributed by atoms with van der Waals surface area (Å²) in [6, 6.07) is 3.08. The number of nitrogens with zero attached hydrogens (tertiary/aromatic N) is 2. The summed E-state index contributed by atoms with van der Waals surface area (Å²) < 4.78 is 26.8. The molecule has 1 atom stereocenters. The number of hydrogen-bond acceptors (Lipinski definition) is 4. The number of nitrogens with two attached hydrogens (primary N) is 1. The molecule has 0 amide bonds. The van der Waals surface area contributed by atoms with E-state index in [0.717, 1.165) is 25.7 Å². The second kappa shape index (κ2) is 6.81. The molecule has 2 rings (SSSR count). The SMILES string of the molecule is CCC1CCCN(S(=O)(=O)c2ccc(C(N)=S)nc2)CC1. The summed E-state index contributed by atoms with van der Waals surface area (Å²) in [5, 5.41) is 0. The zero-order valence-corrected chi connectivity index (χ0v) is 13.8. The van der Waals surface area contributed by atoms with Crippen molar-refractivity contribution in [3.05, 3.63) is 24.0 Å². The van der Waals surface area contributed by atoms with E-state index < -0.39 is 10.0 Å². The Morgan fingerprint density at radius 3 is 2.76 bits per heavy atom. The second-order valence-electron chi connectivity index (χ2n) is 5.35. The van der Waals surface area contributed by atoms with Gasteiger partial charge < -0.3 is 5.73 Å². The monoisotopic (exact) mass is 327 g/mol. The fourth-order valence-corrected chi connectivity index (χ4v) is 4.18. The van der Waals surface area contributed by atoms with Crippen LogP contribution in [0.1, 0.15) is 38.3 Å². The molecule has 0 spiro atoms. The molecule has 1 aliphatic rings. The Kier molecular flexibility index (Phi) is 5.29. The summed E-state index contributed by atoms with van der Waals surface area (Å²) in [5.41, 5.74) is 5.91. The summed E-state index contributed by atoms with van der Waals surface area (Å²) >= 11 is 4.82. The van der Waals surface area contributed by atoms with E-state index in [4.69, 9.17) is 18.0 Å². The van der Waals surface area contributed by atoms with E-state index in [2.05, 4.69) is 11.9 Å². The van der Waals surface area contributed by atoms with Crippen molar-refractivity contribution in [3.8, 4) is 0 Å². The quantitative estimate of drug-likeness (QED) is 0.855. The first-order chi connectivity index (χ1) is 9.95. The van der Waals surface area contributed by atoms with E-state index in [1.165, 1.54) is 12.3 Å². The van der Waals surface area contributed by atoms with Crippen LogP contribution in [-0.2, 0) is 10.0 Å². The summed E-state index contributed by atoms with van der Waals surface area (Å²) in [6.07, 6.45) is 5.38. The summed E-state index contributed by atoms with van der Waals surface area (Å²) in [5.74, 6) is 0.625. The molecule has 5 nitrogen and oxygen atoms in total. The molecule has 2 heterocycles. The highest BCUT2D eigenvalue weighted by Crippen LogP contribution is 2.24. The Hall–Kier alpha value is -1.05. The molecule has 0 bridgehead atoms. The van der Waals surface area contributed by atoms with Crippen LogP contribution in [0.4, 0.5) is 0 Å². The van der Waals surface area contributed by atoms with E-state index >= 15 is 0 Å². The minimum absolute atomic E-state index is 0.166. The van der Waals surface area contributed by atoms with E-state index in [-0.39, 0.29) is 9.88 Å². The van der Waals surface area contributed by atoms with Gasteiger partial charge in [0, 0.05) is 19.3 Å². The highest BCUT2D eigenvalue weighted by atomic mass is 32.2. The van der Waals surface area contributed by atoms with Gasteiger partial charge >= 0.3 is 0 Å². The van der Waals surface area contributed by atoms with Crippen LogP contribution in [0.15, 0.2) is 23.2 Å². The molecule has 0 saturated carbocycles. The van der Waals surface area contributed by atoms with Gasteiger partial charge in [-0.1, -0.05) is 25.6 Å². The van der Waals surface area contributed by atoms with Gasteiger partial charge in [-0.3, -0.25) is 4.98 Å². The van der Waals surface area contributed by atoms with E-state index in [9.17, 15) is 8.42 Å². The van der Waals surface area contributed by atoms with Crippen molar-refractivity contribution in [1.82, 2.24) is 9.29 Å². The highest BCUT2D eigenvalue weighted by Gasteiger charge is 2.27. The maximum Gasteiger partial charge on any atom is 0.244 e. The normalized spacial score (nSPS) is 20.9. The first-order valence-corrected chi connectivity index (χ1v) is 9.06. The van der Waals surface area contributed by atoms with Crippen molar-refractivity contribution in [2.45, 2.75) is 37.5 Å². The molecule has 1 aliphatic heterocycles. The van der Waals surface area contributed by atoms with Gasteiger partial charge in [0.25, 0.3) is 0 Å². The molecule has 1 aromatic heterocycles. The van der Waals surface area contributed by atoms with Crippen molar-refractivity contribution in [1.29, 1.82) is 0 Å². The third kappa shape index (κ3) is 3.78. The van der Waals surface area contributed by atoms with Gasteiger partial charge in [-0.15, -0.1) is 0 Å². The summed E-state index contributed by atoms with van der Waals surface area (Å²) in [6.45, 7) is 3.32. The number of thiocarbonyl (C=S) groups is 1. The van der Waals surface area contributed by atoms with Gasteiger partial charge in [0.05, 0.1) is 5.69 Å². The maximum absolute atomic E-state index is 12.6. The maximum atomic E-state index is 12.6. The molecular formula is C14H21N3O2S2. The third-order valence-corrected chi connectivity index (χ3v) is 6.10. The van der Waals surface area contributed by atoms with Crippen LogP contribution < -0.4 is 5.73 Å². The number of rotatable bonds is 4. The Morgan fingerprint density at radius 1 is 1.43 bits per heavy atom. The average Bonchev–Trinajstić information content (AvgIpc) is 2.73. The lowest BCUT2D eigenvalue weighted by atomic mass is 9.98. The van der Waals surface area contributed by atoms with Crippen molar-refractivity contribution in [2.24, 2.45) is 11.7 Å². The molecule has 1 saturated heterocycles. The first kappa shape index (κ1) is 16.3. The molecule has 0 radical (unpaired) electrons. The molecule has 0 aliphatic carbocycles. The van der Waals surface area contributed by atoms with Crippen LogP contribution in [0.2, 0.25) is 0 Å². The van der Waals surface area contributed by atoms with Crippen molar-refractivity contribution in [3.63, 3.8) is 0 Å². The average molecular weight is 327 g/mol. The minimum atomic E-state index is -3.47. The zero-order valence-electron chi connectivity index (χ0n) is 12.2. The fraction of sp³-hybridized carbons (Fsp3) is 0.571. The Balaban J connectivity index is 2.19. The largest absolute Gasteiger partial charge is 0.388 e. The molecule has 1 aromatic rings. The second-order valence-corrected chi connectivity index (χ2v) is 7.73. The highest BCUT2D eigenvalue weighted by molar-refractivity contribution is 7.89. The zero-order chi connectivity index (χ0) is 15.5. The number of hydrogen-bond donors (Lipinski definition) is 1. The number of sulfonamides is 1. The van der Waals surface area contributed by atoms with Crippen LogP contribution in [-0.4, -0.2) is 35.8 Å². The lowest BCUT2D eigenvalue weighted by Gasteiger charge is -2.20. The number of aromatic nitrogens is 1. The van der Waals surface area contributed by atoms with Gasteiger partial charge in [0.1, 0.15) is 9.88 Å². The lowest BCUT2D eigenvalue weighted by molar-refractivity contribution is 0.407. The van der Waals surface area contributed by atoms with Gasteiger partial charge in [-0.2, -0.15) is 4.31 Å². The Bertz CT molecular complexity index is 599. The first-order valence-electron chi connectivity index (χ1n) is 7.21. The number of pyridine rings is 1. The Labute approximate surface area is 131 Å². The van der Waals surface area contributed by atoms with Crippen molar-refractivity contribution >= 4 is 27.2 Å². The van der Waals surface area contributed by atoms with Crippen LogP contribution >= 0.6 is 12.2 Å². The predicted octanol–water partition coefficient (Wildman–Crippen LogP) is 1.92. The van der Waals surface area contributed by atoms with Crippen molar-refractivity contribution in [2.75, 3.05) is 13.1 Å². The van der Waals surface area contributed by atoms with Gasteiger partial charge in [-0.05, 0) is 37.3 Å². The molecule has 1 fully saturated rings. The fourth-order valence-electron chi connectivity index (χ4n) is 2.62. The Morgan fingerprint density at radius 2 is 2.19 bits per heavy atom. The standard InChI is InChI=1S/C14H21N3O2S2/c1-2-11-4-3-8-17(9-7-11)21(18,19)12-5-6-13(14(15)20)16-10-12/h5-6,10-11H,2-4,7-9H2,1H3,(H2,15,20). The molecule has 2 N–H and O–H groups in total. The van der Waals surface area contributed by atoms with E-state index in [1.54, 1.807) is 10.4 Å². The van der Waals surface area contributed by atoms with Crippen LogP contribution in [0.5, 0.6) is 0 Å². The molecule has 1 unspecified atom stereocenters. The lowest BCUT2D eigenvalue weighted by Crippen LogP contribution is -2.32. The van der Waals surface area contributed by atoms with Gasteiger partial charge in [0.2, 0.25) is 10.0 Å². The summed E-state index contributed by atoms with van der Waals surface area (Å²) in [7, 11) is -3.47.